The third-order valence-electron chi connectivity index (χ3n) is 1.92. The summed E-state index contributed by atoms with van der Waals surface area (Å²) in [6.45, 7) is 2.05. The lowest BCUT2D eigenvalue weighted by atomic mass is 10.4. The Hall–Kier alpha value is -1.24. The molecule has 9 heteroatoms. The van der Waals surface area contributed by atoms with Gasteiger partial charge in [-0.1, -0.05) is 0 Å². The molecule has 0 radical (unpaired) electrons. The van der Waals surface area contributed by atoms with Crippen LogP contribution in [0.1, 0.15) is 6.92 Å². The number of carbonyl (C=O) groups excluding carboxylic acids is 1. The normalized spacial score (nSPS) is 31.2. The lowest BCUT2D eigenvalue weighted by Crippen LogP contribution is -2.20. The number of phosphoric acid groups is 1. The highest BCUT2D eigenvalue weighted by Crippen LogP contribution is 2.52. The van der Waals surface area contributed by atoms with Crippen molar-refractivity contribution in [3.8, 4) is 0 Å². The van der Waals surface area contributed by atoms with E-state index >= 15 is 0 Å². The summed E-state index contributed by atoms with van der Waals surface area (Å²) in [5.74, 6) is 0. The van der Waals surface area contributed by atoms with E-state index in [9.17, 15) is 9.36 Å². The van der Waals surface area contributed by atoms with Crippen molar-refractivity contribution in [2.75, 3.05) is 13.2 Å². The first-order valence-corrected chi connectivity index (χ1v) is 6.30. The minimum absolute atomic E-state index is 0.219. The van der Waals surface area contributed by atoms with Crippen molar-refractivity contribution in [2.45, 2.75) is 19.3 Å². The first kappa shape index (κ1) is 12.2. The number of carbonyl (C=O) groups is 1. The quantitative estimate of drug-likeness (QED) is 0.430. The molecule has 0 aliphatic carbocycles. The summed E-state index contributed by atoms with van der Waals surface area (Å²) in [7, 11) is -3.46. The van der Waals surface area contributed by atoms with E-state index in [4.69, 9.17) is 18.3 Å². The van der Waals surface area contributed by atoms with Gasteiger partial charge in [-0.3, -0.25) is 9.05 Å². The van der Waals surface area contributed by atoms with Crippen molar-refractivity contribution >= 4 is 14.0 Å². The number of hydrogen-bond donors (Lipinski definition) is 0. The van der Waals surface area contributed by atoms with Crippen LogP contribution in [0.5, 0.6) is 0 Å². The SMILES string of the molecule is CC1OC(=O)OC1O/C=C/OP1(=O)OCCO1. The maximum atomic E-state index is 11.4. The molecule has 17 heavy (non-hydrogen) atoms. The van der Waals surface area contributed by atoms with E-state index in [0.717, 1.165) is 12.5 Å². The van der Waals surface area contributed by atoms with Crippen molar-refractivity contribution in [2.24, 2.45) is 0 Å². The number of hydrogen-bond acceptors (Lipinski definition) is 8. The minimum atomic E-state index is -3.46. The van der Waals surface area contributed by atoms with Crippen LogP contribution < -0.4 is 0 Å². The molecule has 0 aromatic carbocycles. The van der Waals surface area contributed by atoms with E-state index in [1.165, 1.54) is 0 Å². The Labute approximate surface area is 97.0 Å². The molecular formula is C8H11O8P. The van der Waals surface area contributed by atoms with Crippen LogP contribution in [0.2, 0.25) is 0 Å². The molecule has 0 bridgehead atoms. The molecule has 0 amide bonds. The Balaban J connectivity index is 1.74. The van der Waals surface area contributed by atoms with Crippen LogP contribution in [0.3, 0.4) is 0 Å². The summed E-state index contributed by atoms with van der Waals surface area (Å²) in [6.07, 6.45) is -0.0957. The van der Waals surface area contributed by atoms with Crippen LogP contribution >= 0.6 is 7.82 Å². The van der Waals surface area contributed by atoms with E-state index < -0.39 is 26.4 Å². The van der Waals surface area contributed by atoms with E-state index in [2.05, 4.69) is 9.47 Å². The molecule has 96 valence electrons. The highest BCUT2D eigenvalue weighted by atomic mass is 31.2. The molecular weight excluding hydrogens is 255 g/mol. The zero-order chi connectivity index (χ0) is 12.3. The van der Waals surface area contributed by atoms with Crippen LogP contribution in [0, 0.1) is 0 Å². The van der Waals surface area contributed by atoms with Crippen LogP contribution in [-0.2, 0) is 32.3 Å². The molecule has 0 aromatic rings. The summed E-state index contributed by atoms with van der Waals surface area (Å²) >= 11 is 0. The van der Waals surface area contributed by atoms with Gasteiger partial charge in [0.15, 0.2) is 6.10 Å². The molecule has 2 saturated heterocycles. The molecule has 0 N–H and O–H groups in total. The van der Waals surface area contributed by atoms with Crippen molar-refractivity contribution in [3.63, 3.8) is 0 Å². The third-order valence-corrected chi connectivity index (χ3v) is 3.30. The number of cyclic esters (lactones) is 2. The second-order valence-electron chi connectivity index (χ2n) is 3.19. The van der Waals surface area contributed by atoms with Crippen LogP contribution in [0.4, 0.5) is 4.79 Å². The van der Waals surface area contributed by atoms with Crippen LogP contribution in [-0.4, -0.2) is 31.8 Å². The largest absolute Gasteiger partial charge is 0.529 e. The molecule has 2 aliphatic heterocycles. The van der Waals surface area contributed by atoms with Gasteiger partial charge < -0.3 is 18.7 Å². The summed E-state index contributed by atoms with van der Waals surface area (Å²) in [5.41, 5.74) is 0. The Morgan fingerprint density at radius 3 is 2.59 bits per heavy atom. The summed E-state index contributed by atoms with van der Waals surface area (Å²) < 4.78 is 40.0. The predicted molar refractivity (Wildman–Crippen MR) is 51.6 cm³/mol. The predicted octanol–water partition coefficient (Wildman–Crippen LogP) is 1.53. The Morgan fingerprint density at radius 1 is 1.29 bits per heavy atom. The van der Waals surface area contributed by atoms with Gasteiger partial charge >= 0.3 is 14.0 Å². The molecule has 0 saturated carbocycles. The van der Waals surface area contributed by atoms with E-state index in [-0.39, 0.29) is 13.2 Å². The molecule has 2 unspecified atom stereocenters. The lowest BCUT2D eigenvalue weighted by molar-refractivity contribution is -0.0517. The van der Waals surface area contributed by atoms with Gasteiger partial charge in [0.2, 0.25) is 0 Å². The van der Waals surface area contributed by atoms with Gasteiger partial charge in [-0.2, -0.15) is 0 Å². The average Bonchev–Trinajstić information content (AvgIpc) is 2.82. The van der Waals surface area contributed by atoms with Gasteiger partial charge in [0, 0.05) is 0 Å². The maximum Gasteiger partial charge on any atom is 0.529 e. The monoisotopic (exact) mass is 266 g/mol. The van der Waals surface area contributed by atoms with Crippen LogP contribution in [0.25, 0.3) is 0 Å². The number of phosphoric ester groups is 1. The highest BCUT2D eigenvalue weighted by Gasteiger charge is 2.35. The summed E-state index contributed by atoms with van der Waals surface area (Å²) in [4.78, 5) is 10.7. The minimum Gasteiger partial charge on any atom is -0.455 e. The number of ether oxygens (including phenoxy) is 3. The van der Waals surface area contributed by atoms with Crippen molar-refractivity contribution < 1.29 is 37.1 Å². The van der Waals surface area contributed by atoms with Gasteiger partial charge in [-0.15, -0.1) is 0 Å². The van der Waals surface area contributed by atoms with Crippen LogP contribution in [0.15, 0.2) is 12.5 Å². The average molecular weight is 266 g/mol. The van der Waals surface area contributed by atoms with E-state index in [1.54, 1.807) is 6.92 Å². The molecule has 8 nitrogen and oxygen atoms in total. The highest BCUT2D eigenvalue weighted by molar-refractivity contribution is 7.48. The third kappa shape index (κ3) is 3.12. The van der Waals surface area contributed by atoms with Gasteiger partial charge in [0.05, 0.1) is 13.2 Å². The van der Waals surface area contributed by atoms with E-state index in [1.807, 2.05) is 0 Å². The first-order valence-electron chi connectivity index (χ1n) is 4.84. The summed E-state index contributed by atoms with van der Waals surface area (Å²) in [5, 5.41) is 0. The Morgan fingerprint density at radius 2 is 2.00 bits per heavy atom. The molecule has 2 aliphatic rings. The smallest absolute Gasteiger partial charge is 0.455 e. The zero-order valence-electron chi connectivity index (χ0n) is 8.94. The second kappa shape index (κ2) is 4.95. The topological polar surface area (TPSA) is 89.5 Å². The Kier molecular flexibility index (Phi) is 3.56. The van der Waals surface area contributed by atoms with E-state index in [0.29, 0.717) is 0 Å². The van der Waals surface area contributed by atoms with Crippen molar-refractivity contribution in [3.05, 3.63) is 12.5 Å². The van der Waals surface area contributed by atoms with Crippen molar-refractivity contribution in [1.29, 1.82) is 0 Å². The zero-order valence-corrected chi connectivity index (χ0v) is 9.83. The molecule has 2 heterocycles. The molecule has 0 aromatic heterocycles. The first-order chi connectivity index (χ1) is 8.09. The molecule has 2 atom stereocenters. The molecule has 0 spiro atoms. The number of rotatable bonds is 4. The van der Waals surface area contributed by atoms with Gasteiger partial charge in [-0.05, 0) is 6.92 Å². The molecule has 2 rings (SSSR count). The molecule has 2 fully saturated rings. The maximum absolute atomic E-state index is 11.4. The summed E-state index contributed by atoms with van der Waals surface area (Å²) in [6, 6.07) is 0. The fourth-order valence-corrected chi connectivity index (χ4v) is 2.16. The fourth-order valence-electron chi connectivity index (χ4n) is 1.17. The van der Waals surface area contributed by atoms with Gasteiger partial charge in [0.25, 0.3) is 6.29 Å². The lowest BCUT2D eigenvalue weighted by Gasteiger charge is -2.10. The van der Waals surface area contributed by atoms with Crippen molar-refractivity contribution in [1.82, 2.24) is 0 Å². The Bertz CT molecular complexity index is 357. The van der Waals surface area contributed by atoms with Gasteiger partial charge in [-0.25, -0.2) is 9.36 Å². The second-order valence-corrected chi connectivity index (χ2v) is 4.81. The fraction of sp³-hybridized carbons (Fsp3) is 0.625. The standard InChI is InChI=1S/C8H11O8P/c1-6-7(16-8(9)15-6)11-2-3-12-17(10)13-4-5-14-17/h2-3,6-7H,4-5H2,1H3/b3-2+. The van der Waals surface area contributed by atoms with Gasteiger partial charge in [0.1, 0.15) is 12.5 Å².